The molecule has 0 bridgehead atoms. The van der Waals surface area contributed by atoms with Crippen LogP contribution in [0.2, 0.25) is 0 Å². The van der Waals surface area contributed by atoms with Gasteiger partial charge in [-0.05, 0) is 41.5 Å². The van der Waals surface area contributed by atoms with Crippen LogP contribution in [0.3, 0.4) is 0 Å². The number of hydrogen-bond donors (Lipinski definition) is 0. The summed E-state index contributed by atoms with van der Waals surface area (Å²) in [5.74, 6) is 0. The Labute approximate surface area is 65.0 Å². The minimum absolute atomic E-state index is 0.0480. The van der Waals surface area contributed by atoms with Crippen LogP contribution in [0.25, 0.3) is 0 Å². The van der Waals surface area contributed by atoms with Crippen molar-refractivity contribution in [2.24, 2.45) is 0 Å². The second-order valence-electron chi connectivity index (χ2n) is 4.64. The SMILES string of the molecule is CC(C)(C)[P+](=O)C(C)(C)C. The lowest BCUT2D eigenvalue weighted by Crippen LogP contribution is -2.20. The van der Waals surface area contributed by atoms with E-state index in [2.05, 4.69) is 0 Å². The second-order valence-corrected chi connectivity index (χ2v) is 7.91. The lowest BCUT2D eigenvalue weighted by molar-refractivity contribution is 0.538. The molecule has 10 heavy (non-hydrogen) atoms. The van der Waals surface area contributed by atoms with E-state index >= 15 is 0 Å². The summed E-state index contributed by atoms with van der Waals surface area (Å²) in [4.78, 5) is 0. The Balaban J connectivity index is 4.40. The second kappa shape index (κ2) is 2.62. The van der Waals surface area contributed by atoms with Gasteiger partial charge in [0.25, 0.3) is 0 Å². The van der Waals surface area contributed by atoms with E-state index < -0.39 is 7.80 Å². The average Bonchev–Trinajstić information content (AvgIpc) is 1.59. The molecule has 0 spiro atoms. The standard InChI is InChI=1S/C8H18OP/c1-7(2,3)10(9)8(4,5)6/h1-6H3/q+1. The molecule has 0 aromatic carbocycles. The van der Waals surface area contributed by atoms with Gasteiger partial charge in [-0.1, -0.05) is 4.57 Å². The Morgan fingerprint density at radius 3 is 1.00 bits per heavy atom. The van der Waals surface area contributed by atoms with Crippen LogP contribution in [0.1, 0.15) is 41.5 Å². The van der Waals surface area contributed by atoms with Gasteiger partial charge in [0.15, 0.2) is 10.3 Å². The van der Waals surface area contributed by atoms with Crippen LogP contribution in [0.4, 0.5) is 0 Å². The largest absolute Gasteiger partial charge is 0.349 e. The zero-order chi connectivity index (χ0) is 8.58. The fourth-order valence-electron chi connectivity index (χ4n) is 1.01. The van der Waals surface area contributed by atoms with Crippen LogP contribution < -0.4 is 0 Å². The van der Waals surface area contributed by atoms with Gasteiger partial charge in [0.05, 0.1) is 0 Å². The molecule has 0 aliphatic rings. The van der Waals surface area contributed by atoms with Crippen molar-refractivity contribution in [2.45, 2.75) is 51.9 Å². The minimum atomic E-state index is -1.11. The van der Waals surface area contributed by atoms with E-state index in [0.29, 0.717) is 0 Å². The first kappa shape index (κ1) is 10.1. The maximum Gasteiger partial charge on any atom is 0.349 e. The van der Waals surface area contributed by atoms with Crippen LogP contribution in [-0.2, 0) is 4.57 Å². The molecule has 2 heteroatoms. The van der Waals surface area contributed by atoms with Crippen molar-refractivity contribution in [1.82, 2.24) is 0 Å². The Bertz CT molecular complexity index is 120. The van der Waals surface area contributed by atoms with Crippen LogP contribution in [0, 0.1) is 0 Å². The lowest BCUT2D eigenvalue weighted by atomic mass is 10.2. The molecule has 1 nitrogen and oxygen atoms in total. The fourth-order valence-corrected chi connectivity index (χ4v) is 3.02. The smallest absolute Gasteiger partial charge is 0.0736 e. The summed E-state index contributed by atoms with van der Waals surface area (Å²) in [5.41, 5.74) is 0. The zero-order valence-electron chi connectivity index (χ0n) is 7.86. The van der Waals surface area contributed by atoms with Crippen LogP contribution in [0.15, 0.2) is 0 Å². The van der Waals surface area contributed by atoms with Crippen molar-refractivity contribution < 1.29 is 4.57 Å². The summed E-state index contributed by atoms with van der Waals surface area (Å²) in [6, 6.07) is 0. The van der Waals surface area contributed by atoms with Gasteiger partial charge in [0.1, 0.15) is 0 Å². The van der Waals surface area contributed by atoms with Crippen LogP contribution in [0.5, 0.6) is 0 Å². The molecule has 0 aliphatic heterocycles. The molecule has 0 aliphatic carbocycles. The topological polar surface area (TPSA) is 17.1 Å². The molecule has 60 valence electrons. The summed E-state index contributed by atoms with van der Waals surface area (Å²) in [6.45, 7) is 12.1. The van der Waals surface area contributed by atoms with Crippen LogP contribution in [-0.4, -0.2) is 10.3 Å². The maximum absolute atomic E-state index is 11.6. The zero-order valence-corrected chi connectivity index (χ0v) is 8.75. The van der Waals surface area contributed by atoms with E-state index in [1.54, 1.807) is 0 Å². The molecule has 0 aromatic rings. The predicted octanol–water partition coefficient (Wildman–Crippen LogP) is 3.41. The Hall–Kier alpha value is 0.100. The van der Waals surface area contributed by atoms with Gasteiger partial charge in [-0.2, -0.15) is 0 Å². The van der Waals surface area contributed by atoms with E-state index in [1.807, 2.05) is 41.5 Å². The molecule has 0 atom stereocenters. The number of rotatable bonds is 0. The van der Waals surface area contributed by atoms with Gasteiger partial charge in [-0.25, -0.2) is 0 Å². The van der Waals surface area contributed by atoms with Crippen molar-refractivity contribution in [3.8, 4) is 0 Å². The van der Waals surface area contributed by atoms with Crippen molar-refractivity contribution in [3.63, 3.8) is 0 Å². The summed E-state index contributed by atoms with van der Waals surface area (Å²) < 4.78 is 11.6. The molecule has 0 rings (SSSR count). The maximum atomic E-state index is 11.6. The monoisotopic (exact) mass is 161 g/mol. The molecule has 0 amide bonds. The minimum Gasteiger partial charge on any atom is -0.0736 e. The molecule has 0 radical (unpaired) electrons. The van der Waals surface area contributed by atoms with E-state index in [4.69, 9.17) is 0 Å². The molecule has 0 N–H and O–H groups in total. The quantitative estimate of drug-likeness (QED) is 0.497. The van der Waals surface area contributed by atoms with Gasteiger partial charge >= 0.3 is 7.80 Å². The van der Waals surface area contributed by atoms with E-state index in [9.17, 15) is 4.57 Å². The van der Waals surface area contributed by atoms with E-state index in [-0.39, 0.29) is 10.3 Å². The fraction of sp³-hybridized carbons (Fsp3) is 1.00. The molecule has 0 unspecified atom stereocenters. The molecular formula is C8H18OP+. The highest BCUT2D eigenvalue weighted by molar-refractivity contribution is 7.48. The Morgan fingerprint density at radius 2 is 1.00 bits per heavy atom. The van der Waals surface area contributed by atoms with E-state index in [0.717, 1.165) is 0 Å². The third kappa shape index (κ3) is 2.79. The molecule has 0 fully saturated rings. The Morgan fingerprint density at radius 1 is 0.800 bits per heavy atom. The predicted molar refractivity (Wildman–Crippen MR) is 47.1 cm³/mol. The molecule has 0 aromatic heterocycles. The van der Waals surface area contributed by atoms with Gasteiger partial charge in [0, 0.05) is 0 Å². The molecular weight excluding hydrogens is 143 g/mol. The molecule has 0 heterocycles. The van der Waals surface area contributed by atoms with Gasteiger partial charge in [-0.15, -0.1) is 0 Å². The highest BCUT2D eigenvalue weighted by Gasteiger charge is 2.44. The first-order valence-electron chi connectivity index (χ1n) is 3.63. The summed E-state index contributed by atoms with van der Waals surface area (Å²) in [6.07, 6.45) is 0. The highest BCUT2D eigenvalue weighted by atomic mass is 31.1. The highest BCUT2D eigenvalue weighted by Crippen LogP contribution is 2.48. The van der Waals surface area contributed by atoms with Crippen LogP contribution >= 0.6 is 7.80 Å². The third-order valence-electron chi connectivity index (χ3n) is 1.22. The van der Waals surface area contributed by atoms with Crippen molar-refractivity contribution in [1.29, 1.82) is 0 Å². The average molecular weight is 161 g/mol. The summed E-state index contributed by atoms with van der Waals surface area (Å²) >= 11 is 0. The molecule has 0 saturated heterocycles. The number of hydrogen-bond acceptors (Lipinski definition) is 1. The summed E-state index contributed by atoms with van der Waals surface area (Å²) in [7, 11) is -1.11. The normalized spacial score (nSPS) is 13.4. The summed E-state index contributed by atoms with van der Waals surface area (Å²) in [5, 5.41) is -0.0961. The first-order valence-corrected chi connectivity index (χ1v) is 4.89. The lowest BCUT2D eigenvalue weighted by Gasteiger charge is -2.14. The van der Waals surface area contributed by atoms with Gasteiger partial charge in [-0.3, -0.25) is 0 Å². The molecule has 0 saturated carbocycles. The van der Waals surface area contributed by atoms with E-state index in [1.165, 1.54) is 0 Å². The van der Waals surface area contributed by atoms with Gasteiger partial charge < -0.3 is 0 Å². The van der Waals surface area contributed by atoms with Crippen molar-refractivity contribution in [2.75, 3.05) is 0 Å². The first-order chi connectivity index (χ1) is 4.15. The van der Waals surface area contributed by atoms with Crippen molar-refractivity contribution >= 4 is 7.80 Å². The third-order valence-corrected chi connectivity index (χ3v) is 3.66. The Kier molecular flexibility index (Phi) is 2.64. The van der Waals surface area contributed by atoms with Gasteiger partial charge in [0.2, 0.25) is 0 Å². The van der Waals surface area contributed by atoms with Crippen molar-refractivity contribution in [3.05, 3.63) is 0 Å².